The summed E-state index contributed by atoms with van der Waals surface area (Å²) >= 11 is 0. The van der Waals surface area contributed by atoms with Gasteiger partial charge < -0.3 is 25.6 Å². The van der Waals surface area contributed by atoms with E-state index in [0.717, 1.165) is 29.8 Å². The zero-order valence-electron chi connectivity index (χ0n) is 18.0. The number of aliphatic imine (C=N–C) groups is 1. The van der Waals surface area contributed by atoms with Crippen LogP contribution in [0, 0.1) is 12.3 Å². The number of aryl methyl sites for hydroxylation is 1. The smallest absolute Gasteiger partial charge is 0.146 e. The largest absolute Gasteiger partial charge is 0.491 e. The number of unbranched alkanes of at least 4 members (excludes halogenated alkanes) is 3. The van der Waals surface area contributed by atoms with Gasteiger partial charge in [0.15, 0.2) is 0 Å². The van der Waals surface area contributed by atoms with Crippen LogP contribution in [0.3, 0.4) is 0 Å². The number of nitrogens with two attached hydrogens (primary N) is 1. The Hall–Kier alpha value is -2.64. The van der Waals surface area contributed by atoms with Gasteiger partial charge in [0.1, 0.15) is 5.76 Å². The minimum Gasteiger partial charge on any atom is -0.491 e. The molecule has 0 unspecified atom stereocenters. The Morgan fingerprint density at radius 2 is 1.83 bits per heavy atom. The summed E-state index contributed by atoms with van der Waals surface area (Å²) in [5.41, 5.74) is 10.0. The van der Waals surface area contributed by atoms with E-state index in [1.807, 2.05) is 30.0 Å². The predicted octanol–water partition coefficient (Wildman–Crippen LogP) is 3.22. The molecule has 164 valence electrons. The summed E-state index contributed by atoms with van der Waals surface area (Å²) in [6.45, 7) is 5.64. The number of nitrogens with one attached hydrogen (secondary N) is 1. The van der Waals surface area contributed by atoms with Crippen LogP contribution in [-0.2, 0) is 4.74 Å². The molecule has 0 aromatic heterocycles. The zero-order chi connectivity index (χ0) is 21.9. The van der Waals surface area contributed by atoms with E-state index in [2.05, 4.69) is 11.9 Å². The van der Waals surface area contributed by atoms with E-state index in [9.17, 15) is 10.2 Å². The molecular formula is C23H34N4O3. The first kappa shape index (κ1) is 23.6. The second-order valence-electron chi connectivity index (χ2n) is 7.33. The number of rotatable bonds is 12. The molecule has 0 bridgehead atoms. The monoisotopic (exact) mass is 414 g/mol. The molecule has 2 rings (SSSR count). The maximum atomic E-state index is 9.24. The number of hydrogen-bond acceptors (Lipinski definition) is 7. The third kappa shape index (κ3) is 6.71. The molecule has 0 atom stereocenters. The summed E-state index contributed by atoms with van der Waals surface area (Å²) in [5.74, 6) is 0.491. The molecule has 30 heavy (non-hydrogen) atoms. The molecule has 0 saturated carbocycles. The van der Waals surface area contributed by atoms with E-state index in [0.29, 0.717) is 36.9 Å². The van der Waals surface area contributed by atoms with Gasteiger partial charge in [0.05, 0.1) is 42.6 Å². The molecule has 1 aliphatic carbocycles. The second-order valence-corrected chi connectivity index (χ2v) is 7.33. The van der Waals surface area contributed by atoms with Crippen LogP contribution < -0.4 is 10.6 Å². The van der Waals surface area contributed by atoms with Crippen molar-refractivity contribution in [3.05, 3.63) is 47.4 Å². The fourth-order valence-electron chi connectivity index (χ4n) is 3.22. The number of nitrogens with zero attached hydrogens (tertiary/aromatic N) is 2. The quantitative estimate of drug-likeness (QED) is 0.310. The fourth-order valence-corrected chi connectivity index (χ4v) is 3.22. The molecule has 0 amide bonds. The topological polar surface area (TPSA) is 115 Å². The number of ether oxygens (including phenoxy) is 1. The Labute approximate surface area is 179 Å². The summed E-state index contributed by atoms with van der Waals surface area (Å²) in [6.07, 6.45) is 7.74. The first-order valence-electron chi connectivity index (χ1n) is 10.6. The van der Waals surface area contributed by atoms with Gasteiger partial charge >= 0.3 is 0 Å². The van der Waals surface area contributed by atoms with Crippen molar-refractivity contribution in [2.75, 3.05) is 37.8 Å². The van der Waals surface area contributed by atoms with Crippen molar-refractivity contribution >= 4 is 22.8 Å². The minimum atomic E-state index is 0.0163. The maximum Gasteiger partial charge on any atom is 0.146 e. The van der Waals surface area contributed by atoms with Gasteiger partial charge in [-0.15, -0.1) is 0 Å². The normalized spacial score (nSPS) is 15.2. The highest BCUT2D eigenvalue weighted by molar-refractivity contribution is 6.22. The highest BCUT2D eigenvalue weighted by Crippen LogP contribution is 2.26. The van der Waals surface area contributed by atoms with Gasteiger partial charge in [0, 0.05) is 24.9 Å². The third-order valence-electron chi connectivity index (χ3n) is 4.91. The molecule has 0 heterocycles. The van der Waals surface area contributed by atoms with Crippen molar-refractivity contribution in [2.45, 2.75) is 39.5 Å². The van der Waals surface area contributed by atoms with Crippen LogP contribution in [0.15, 0.2) is 46.8 Å². The van der Waals surface area contributed by atoms with Crippen molar-refractivity contribution in [2.24, 2.45) is 10.7 Å². The molecule has 1 aromatic rings. The fraction of sp³-hybridized carbons (Fsp3) is 0.478. The van der Waals surface area contributed by atoms with Crippen molar-refractivity contribution in [1.82, 2.24) is 0 Å². The van der Waals surface area contributed by atoms with Crippen LogP contribution in [0.25, 0.3) is 0 Å². The molecule has 0 aliphatic heterocycles. The van der Waals surface area contributed by atoms with Gasteiger partial charge in [-0.3, -0.25) is 5.41 Å². The molecule has 0 radical (unpaired) electrons. The Morgan fingerprint density at radius 1 is 1.10 bits per heavy atom. The number of benzene rings is 1. The average Bonchev–Trinajstić information content (AvgIpc) is 2.72. The lowest BCUT2D eigenvalue weighted by molar-refractivity contribution is 0.223. The van der Waals surface area contributed by atoms with Crippen molar-refractivity contribution in [1.29, 1.82) is 5.41 Å². The molecule has 7 heteroatoms. The van der Waals surface area contributed by atoms with Gasteiger partial charge in [0.25, 0.3) is 0 Å². The average molecular weight is 415 g/mol. The molecule has 0 fully saturated rings. The second kappa shape index (κ2) is 12.1. The van der Waals surface area contributed by atoms with Crippen LogP contribution in [0.4, 0.5) is 11.4 Å². The van der Waals surface area contributed by atoms with Crippen molar-refractivity contribution in [3.8, 4) is 0 Å². The van der Waals surface area contributed by atoms with E-state index in [1.165, 1.54) is 12.8 Å². The van der Waals surface area contributed by atoms with E-state index >= 15 is 0 Å². The molecule has 7 nitrogen and oxygen atoms in total. The number of hydrogen-bond donors (Lipinski definition) is 4. The summed E-state index contributed by atoms with van der Waals surface area (Å²) in [6, 6.07) is 5.79. The zero-order valence-corrected chi connectivity index (χ0v) is 18.0. The lowest BCUT2D eigenvalue weighted by atomic mass is 10.1. The molecule has 1 aromatic carbocycles. The van der Waals surface area contributed by atoms with E-state index in [4.69, 9.17) is 15.9 Å². The Balaban J connectivity index is 2.18. The summed E-state index contributed by atoms with van der Waals surface area (Å²) in [7, 11) is 0. The van der Waals surface area contributed by atoms with Gasteiger partial charge in [-0.05, 0) is 43.2 Å². The lowest BCUT2D eigenvalue weighted by Crippen LogP contribution is -2.29. The van der Waals surface area contributed by atoms with Crippen molar-refractivity contribution < 1.29 is 14.9 Å². The van der Waals surface area contributed by atoms with Crippen LogP contribution in [-0.4, -0.2) is 54.5 Å². The molecular weight excluding hydrogens is 380 g/mol. The molecule has 5 N–H and O–H groups in total. The van der Waals surface area contributed by atoms with Crippen LogP contribution >= 0.6 is 0 Å². The Morgan fingerprint density at radius 3 is 2.47 bits per heavy atom. The van der Waals surface area contributed by atoms with E-state index < -0.39 is 0 Å². The van der Waals surface area contributed by atoms with Crippen LogP contribution in [0.2, 0.25) is 0 Å². The Bertz CT molecular complexity index is 809. The summed E-state index contributed by atoms with van der Waals surface area (Å²) < 4.78 is 5.79. The van der Waals surface area contributed by atoms with Crippen LogP contribution in [0.1, 0.15) is 38.2 Å². The van der Waals surface area contributed by atoms with Crippen molar-refractivity contribution in [3.63, 3.8) is 0 Å². The SMILES string of the molecule is CCCCCCOC1=C/C(=N/c2ccc(N(CCO)CCO)cc2C)C(N)=CC1=N. The van der Waals surface area contributed by atoms with Gasteiger partial charge in [-0.1, -0.05) is 26.2 Å². The summed E-state index contributed by atoms with van der Waals surface area (Å²) in [4.78, 5) is 6.61. The first-order chi connectivity index (χ1) is 14.5. The van der Waals surface area contributed by atoms with Gasteiger partial charge in [0.2, 0.25) is 0 Å². The number of anilines is 1. The maximum absolute atomic E-state index is 9.24. The standard InChI is InChI=1S/C23H34N4O3/c1-3-4-5-6-13-30-23-16-22(19(24)15-20(23)25)26-21-8-7-18(14-17(21)2)27(9-11-28)10-12-29/h7-8,14-16,25,28-29H,3-6,9-13,24H2,1-2H3/b25-20?,26-22-. The lowest BCUT2D eigenvalue weighted by Gasteiger charge is -2.23. The molecule has 0 saturated heterocycles. The Kier molecular flexibility index (Phi) is 9.57. The number of allylic oxidation sites excluding steroid dienone is 2. The van der Waals surface area contributed by atoms with E-state index in [1.54, 1.807) is 12.2 Å². The minimum absolute atomic E-state index is 0.0163. The predicted molar refractivity (Wildman–Crippen MR) is 123 cm³/mol. The molecule has 0 spiro atoms. The first-order valence-corrected chi connectivity index (χ1v) is 10.6. The van der Waals surface area contributed by atoms with Crippen LogP contribution in [0.5, 0.6) is 0 Å². The third-order valence-corrected chi connectivity index (χ3v) is 4.91. The highest BCUT2D eigenvalue weighted by atomic mass is 16.5. The highest BCUT2D eigenvalue weighted by Gasteiger charge is 2.16. The number of aliphatic hydroxyl groups is 2. The van der Waals surface area contributed by atoms with Gasteiger partial charge in [-0.2, -0.15) is 0 Å². The van der Waals surface area contributed by atoms with Gasteiger partial charge in [-0.25, -0.2) is 4.99 Å². The number of aliphatic hydroxyl groups excluding tert-OH is 2. The molecule has 1 aliphatic rings. The summed E-state index contributed by atoms with van der Waals surface area (Å²) in [5, 5.41) is 26.6. The van der Waals surface area contributed by atoms with E-state index in [-0.39, 0.29) is 18.9 Å².